The second kappa shape index (κ2) is 5.25. The van der Waals surface area contributed by atoms with E-state index in [-0.39, 0.29) is 6.10 Å². The Morgan fingerprint density at radius 2 is 2.35 bits per heavy atom. The maximum Gasteiger partial charge on any atom is 0.160 e. The molecule has 2 nitrogen and oxygen atoms in total. The Bertz CT molecular complexity index is 482. The zero-order valence-corrected chi connectivity index (χ0v) is 10.3. The van der Waals surface area contributed by atoms with Crippen LogP contribution < -0.4 is 0 Å². The minimum Gasteiger partial charge on any atom is -0.368 e. The van der Waals surface area contributed by atoms with Crippen LogP contribution in [0.2, 0.25) is 0 Å². The van der Waals surface area contributed by atoms with Crippen LogP contribution in [0.25, 0.3) is 0 Å². The molecule has 1 aromatic heterocycles. The number of ether oxygens (including phenoxy) is 1. The molecule has 0 aliphatic carbocycles. The Kier molecular flexibility index (Phi) is 3.71. The average molecular weight is 246 g/mol. The Balaban J connectivity index is 2.34. The zero-order valence-electron chi connectivity index (χ0n) is 9.52. The first-order valence-electron chi connectivity index (χ1n) is 5.42. The maximum atomic E-state index is 10.7. The third-order valence-corrected chi connectivity index (χ3v) is 3.61. The minimum absolute atomic E-state index is 0.112. The van der Waals surface area contributed by atoms with E-state index in [1.807, 2.05) is 17.5 Å². The van der Waals surface area contributed by atoms with Gasteiger partial charge in [0.25, 0.3) is 0 Å². The third-order valence-electron chi connectivity index (χ3n) is 2.74. The van der Waals surface area contributed by atoms with Gasteiger partial charge < -0.3 is 4.74 Å². The van der Waals surface area contributed by atoms with E-state index in [0.29, 0.717) is 6.61 Å². The van der Waals surface area contributed by atoms with Gasteiger partial charge in [0.05, 0.1) is 11.5 Å². The van der Waals surface area contributed by atoms with Gasteiger partial charge in [-0.05, 0) is 34.6 Å². The Morgan fingerprint density at radius 3 is 3.00 bits per heavy atom. The molecule has 1 atom stereocenters. The summed E-state index contributed by atoms with van der Waals surface area (Å²) in [6, 6.07) is 1.87. The number of aldehydes is 1. The van der Waals surface area contributed by atoms with Gasteiger partial charge in [0.15, 0.2) is 6.29 Å². The van der Waals surface area contributed by atoms with Gasteiger partial charge in [-0.2, -0.15) is 0 Å². The van der Waals surface area contributed by atoms with E-state index in [4.69, 9.17) is 4.74 Å². The normalized spacial score (nSPS) is 22.7. The first-order valence-corrected chi connectivity index (χ1v) is 6.30. The summed E-state index contributed by atoms with van der Waals surface area (Å²) in [5.74, 6) is 0. The molecule has 1 aliphatic rings. The number of hydrogen-bond acceptors (Lipinski definition) is 3. The molecule has 1 unspecified atom stereocenters. The standard InChI is InChI=1S/C14H14O2S/c1-3-4-13-10(2)5-6-16-14(13)11-7-12(8-15)17-9-11/h3-4,7-9,14H,1-2,5-6H2/b13-4+. The Morgan fingerprint density at radius 1 is 1.53 bits per heavy atom. The lowest BCUT2D eigenvalue weighted by molar-refractivity contribution is 0.0671. The van der Waals surface area contributed by atoms with Crippen molar-refractivity contribution in [2.24, 2.45) is 0 Å². The third kappa shape index (κ3) is 2.46. The first-order chi connectivity index (χ1) is 8.26. The minimum atomic E-state index is -0.112. The van der Waals surface area contributed by atoms with Crippen LogP contribution in [-0.4, -0.2) is 12.9 Å². The van der Waals surface area contributed by atoms with Crippen molar-refractivity contribution >= 4 is 17.6 Å². The van der Waals surface area contributed by atoms with Gasteiger partial charge in [0.1, 0.15) is 6.10 Å². The molecular weight excluding hydrogens is 232 g/mol. The van der Waals surface area contributed by atoms with Crippen molar-refractivity contribution in [3.05, 3.63) is 58.3 Å². The fraction of sp³-hybridized carbons (Fsp3) is 0.214. The van der Waals surface area contributed by atoms with Crippen molar-refractivity contribution in [1.29, 1.82) is 0 Å². The van der Waals surface area contributed by atoms with Crippen LogP contribution in [0.3, 0.4) is 0 Å². The molecule has 0 spiro atoms. The molecule has 1 saturated heterocycles. The van der Waals surface area contributed by atoms with E-state index in [1.54, 1.807) is 6.08 Å². The predicted octanol–water partition coefficient (Wildman–Crippen LogP) is 3.69. The Labute approximate surface area is 105 Å². The molecule has 0 saturated carbocycles. The predicted molar refractivity (Wildman–Crippen MR) is 70.4 cm³/mol. The highest BCUT2D eigenvalue weighted by Gasteiger charge is 2.24. The molecule has 0 aromatic carbocycles. The number of hydrogen-bond donors (Lipinski definition) is 0. The highest BCUT2D eigenvalue weighted by atomic mass is 32.1. The summed E-state index contributed by atoms with van der Waals surface area (Å²) in [4.78, 5) is 11.4. The molecule has 88 valence electrons. The first kappa shape index (κ1) is 12.0. The van der Waals surface area contributed by atoms with E-state index >= 15 is 0 Å². The van der Waals surface area contributed by atoms with E-state index in [0.717, 1.165) is 34.3 Å². The largest absolute Gasteiger partial charge is 0.368 e. The van der Waals surface area contributed by atoms with Gasteiger partial charge in [0, 0.05) is 0 Å². The van der Waals surface area contributed by atoms with Gasteiger partial charge in [-0.15, -0.1) is 11.3 Å². The van der Waals surface area contributed by atoms with Crippen molar-refractivity contribution < 1.29 is 9.53 Å². The van der Waals surface area contributed by atoms with Crippen LogP contribution in [0.1, 0.15) is 27.8 Å². The highest BCUT2D eigenvalue weighted by molar-refractivity contribution is 7.11. The molecule has 0 amide bonds. The molecule has 2 rings (SSSR count). The summed E-state index contributed by atoms with van der Waals surface area (Å²) in [6.07, 6.45) is 5.28. The second-order valence-corrected chi connectivity index (χ2v) is 4.81. The number of carbonyl (C=O) groups excluding carboxylic acids is 1. The number of rotatable bonds is 3. The summed E-state index contributed by atoms with van der Waals surface area (Å²) in [6.45, 7) is 8.44. The van der Waals surface area contributed by atoms with Crippen molar-refractivity contribution in [2.75, 3.05) is 6.61 Å². The SMILES string of the molecule is C=C/C=C1\C(=C)CCOC1c1csc(C=O)c1. The van der Waals surface area contributed by atoms with Crippen molar-refractivity contribution in [3.63, 3.8) is 0 Å². The van der Waals surface area contributed by atoms with Gasteiger partial charge in [-0.25, -0.2) is 0 Å². The highest BCUT2D eigenvalue weighted by Crippen LogP contribution is 2.37. The molecule has 1 aliphatic heterocycles. The summed E-state index contributed by atoms with van der Waals surface area (Å²) >= 11 is 1.43. The van der Waals surface area contributed by atoms with Crippen molar-refractivity contribution in [3.8, 4) is 0 Å². The van der Waals surface area contributed by atoms with Crippen LogP contribution in [0.5, 0.6) is 0 Å². The molecular formula is C14H14O2S. The Hall–Kier alpha value is -1.45. The summed E-state index contributed by atoms with van der Waals surface area (Å²) < 4.78 is 5.77. The lowest BCUT2D eigenvalue weighted by atomic mass is 9.93. The van der Waals surface area contributed by atoms with E-state index in [2.05, 4.69) is 13.2 Å². The number of carbonyl (C=O) groups is 1. The summed E-state index contributed by atoms with van der Waals surface area (Å²) in [5, 5.41) is 1.96. The zero-order chi connectivity index (χ0) is 12.3. The average Bonchev–Trinajstić information content (AvgIpc) is 2.80. The fourth-order valence-corrected chi connectivity index (χ4v) is 2.62. The van der Waals surface area contributed by atoms with Crippen LogP contribution in [0.4, 0.5) is 0 Å². The van der Waals surface area contributed by atoms with Crippen molar-refractivity contribution in [1.82, 2.24) is 0 Å². The lowest BCUT2D eigenvalue weighted by Gasteiger charge is -2.27. The molecule has 0 radical (unpaired) electrons. The number of allylic oxidation sites excluding steroid dienone is 2. The molecule has 2 heterocycles. The molecule has 3 heteroatoms. The second-order valence-electron chi connectivity index (χ2n) is 3.86. The van der Waals surface area contributed by atoms with E-state index in [1.165, 1.54) is 11.3 Å². The fourth-order valence-electron chi connectivity index (χ4n) is 1.90. The van der Waals surface area contributed by atoms with Gasteiger partial charge >= 0.3 is 0 Å². The molecule has 1 fully saturated rings. The number of thiophene rings is 1. The van der Waals surface area contributed by atoms with E-state index in [9.17, 15) is 4.79 Å². The maximum absolute atomic E-state index is 10.7. The van der Waals surface area contributed by atoms with Crippen molar-refractivity contribution in [2.45, 2.75) is 12.5 Å². The van der Waals surface area contributed by atoms with Crippen LogP contribution in [0, 0.1) is 0 Å². The molecule has 1 aromatic rings. The lowest BCUT2D eigenvalue weighted by Crippen LogP contribution is -2.16. The van der Waals surface area contributed by atoms with E-state index < -0.39 is 0 Å². The van der Waals surface area contributed by atoms with Crippen LogP contribution >= 0.6 is 11.3 Å². The quantitative estimate of drug-likeness (QED) is 0.760. The monoisotopic (exact) mass is 246 g/mol. The van der Waals surface area contributed by atoms with Gasteiger partial charge in [-0.1, -0.05) is 25.3 Å². The summed E-state index contributed by atoms with van der Waals surface area (Å²) in [7, 11) is 0. The molecule has 0 N–H and O–H groups in total. The topological polar surface area (TPSA) is 26.3 Å². The smallest absolute Gasteiger partial charge is 0.160 e. The van der Waals surface area contributed by atoms with Crippen LogP contribution in [0.15, 0.2) is 47.9 Å². The van der Waals surface area contributed by atoms with Gasteiger partial charge in [0.2, 0.25) is 0 Å². The molecule has 17 heavy (non-hydrogen) atoms. The molecule has 0 bridgehead atoms. The summed E-state index contributed by atoms with van der Waals surface area (Å²) in [5.41, 5.74) is 3.16. The van der Waals surface area contributed by atoms with Gasteiger partial charge in [-0.3, -0.25) is 4.79 Å². The van der Waals surface area contributed by atoms with Crippen LogP contribution in [-0.2, 0) is 4.74 Å².